The Kier molecular flexibility index (Phi) is 3.54. The molecule has 1 aromatic heterocycles. The molecule has 96 valence electrons. The zero-order valence-electron chi connectivity index (χ0n) is 10.1. The molecule has 0 atom stereocenters. The van der Waals surface area contributed by atoms with E-state index in [1.54, 1.807) is 31.2 Å². The maximum atomic E-state index is 12.0. The highest BCUT2D eigenvalue weighted by atomic mass is 35.5. The summed E-state index contributed by atoms with van der Waals surface area (Å²) in [7, 11) is 0. The standard InChI is InChI=1S/C13H10ClN3O2/c1-8-11(14)16-13(19)17(12(8)18)7-10-4-2-3-9(5-10)6-15/h2-5H,7H2,1H3,(H,16,19). The van der Waals surface area contributed by atoms with Crippen molar-refractivity contribution >= 4 is 11.6 Å². The molecule has 1 heterocycles. The van der Waals surface area contributed by atoms with Gasteiger partial charge < -0.3 is 0 Å². The van der Waals surface area contributed by atoms with Gasteiger partial charge in [-0.3, -0.25) is 14.3 Å². The molecule has 0 fully saturated rings. The molecular formula is C13H10ClN3O2. The van der Waals surface area contributed by atoms with Crippen LogP contribution >= 0.6 is 11.6 Å². The summed E-state index contributed by atoms with van der Waals surface area (Å²) in [6.45, 7) is 1.64. The molecule has 0 unspecified atom stereocenters. The van der Waals surface area contributed by atoms with Crippen molar-refractivity contribution in [2.24, 2.45) is 0 Å². The van der Waals surface area contributed by atoms with Crippen LogP contribution in [0.4, 0.5) is 0 Å². The summed E-state index contributed by atoms with van der Waals surface area (Å²) in [5, 5.41) is 8.87. The molecule has 2 rings (SSSR count). The van der Waals surface area contributed by atoms with Crippen LogP contribution < -0.4 is 11.2 Å². The lowest BCUT2D eigenvalue weighted by Crippen LogP contribution is -2.36. The number of rotatable bonds is 2. The first kappa shape index (κ1) is 13.1. The van der Waals surface area contributed by atoms with E-state index in [1.165, 1.54) is 0 Å². The molecule has 0 aliphatic heterocycles. The summed E-state index contributed by atoms with van der Waals surface area (Å²) >= 11 is 5.73. The average Bonchev–Trinajstić information content (AvgIpc) is 2.41. The van der Waals surface area contributed by atoms with E-state index in [0.29, 0.717) is 11.1 Å². The minimum atomic E-state index is -0.567. The van der Waals surface area contributed by atoms with Crippen molar-refractivity contribution in [3.8, 4) is 6.07 Å². The van der Waals surface area contributed by atoms with E-state index in [9.17, 15) is 9.59 Å². The Hall–Kier alpha value is -2.32. The Labute approximate surface area is 113 Å². The largest absolute Gasteiger partial charge is 0.329 e. The van der Waals surface area contributed by atoms with Crippen LogP contribution in [0.25, 0.3) is 0 Å². The first-order chi connectivity index (χ1) is 9.02. The van der Waals surface area contributed by atoms with E-state index in [4.69, 9.17) is 16.9 Å². The van der Waals surface area contributed by atoms with Gasteiger partial charge in [0, 0.05) is 5.56 Å². The molecule has 1 N–H and O–H groups in total. The minimum Gasteiger partial charge on any atom is -0.297 e. The number of aromatic nitrogens is 2. The number of halogens is 1. The van der Waals surface area contributed by atoms with Gasteiger partial charge in [-0.2, -0.15) is 5.26 Å². The maximum absolute atomic E-state index is 12.0. The maximum Gasteiger partial charge on any atom is 0.329 e. The Bertz CT molecular complexity index is 784. The van der Waals surface area contributed by atoms with Crippen molar-refractivity contribution in [1.29, 1.82) is 5.26 Å². The third kappa shape index (κ3) is 2.59. The number of nitriles is 1. The zero-order chi connectivity index (χ0) is 14.0. The Morgan fingerprint density at radius 2 is 2.16 bits per heavy atom. The SMILES string of the molecule is Cc1c(Cl)[nH]c(=O)n(Cc2cccc(C#N)c2)c1=O. The molecule has 0 saturated heterocycles. The van der Waals surface area contributed by atoms with Crippen molar-refractivity contribution in [2.75, 3.05) is 0 Å². The van der Waals surface area contributed by atoms with Crippen LogP contribution in [0, 0.1) is 18.3 Å². The van der Waals surface area contributed by atoms with Gasteiger partial charge in [-0.1, -0.05) is 23.7 Å². The van der Waals surface area contributed by atoms with E-state index in [1.807, 2.05) is 6.07 Å². The molecule has 6 heteroatoms. The number of aromatic amines is 1. The molecule has 0 amide bonds. The van der Waals surface area contributed by atoms with Gasteiger partial charge in [0.2, 0.25) is 0 Å². The topological polar surface area (TPSA) is 78.7 Å². The predicted molar refractivity (Wildman–Crippen MR) is 71.3 cm³/mol. The molecule has 0 saturated carbocycles. The molecular weight excluding hydrogens is 266 g/mol. The van der Waals surface area contributed by atoms with Crippen molar-refractivity contribution < 1.29 is 0 Å². The monoisotopic (exact) mass is 275 g/mol. The highest BCUT2D eigenvalue weighted by Crippen LogP contribution is 2.06. The van der Waals surface area contributed by atoms with E-state index in [0.717, 1.165) is 4.57 Å². The fraction of sp³-hybridized carbons (Fsp3) is 0.154. The summed E-state index contributed by atoms with van der Waals surface area (Å²) < 4.78 is 1.05. The normalized spacial score (nSPS) is 10.2. The molecule has 1 aromatic carbocycles. The molecule has 0 aliphatic rings. The highest BCUT2D eigenvalue weighted by molar-refractivity contribution is 6.30. The lowest BCUT2D eigenvalue weighted by Gasteiger charge is -2.07. The van der Waals surface area contributed by atoms with Crippen molar-refractivity contribution in [2.45, 2.75) is 13.5 Å². The second-order valence-electron chi connectivity index (χ2n) is 4.07. The highest BCUT2D eigenvalue weighted by Gasteiger charge is 2.09. The number of hydrogen-bond donors (Lipinski definition) is 1. The van der Waals surface area contributed by atoms with Crippen LogP contribution in [-0.2, 0) is 6.54 Å². The van der Waals surface area contributed by atoms with E-state index >= 15 is 0 Å². The van der Waals surface area contributed by atoms with Gasteiger partial charge in [-0.15, -0.1) is 0 Å². The molecule has 0 spiro atoms. The van der Waals surface area contributed by atoms with Crippen LogP contribution in [0.2, 0.25) is 5.15 Å². The quantitative estimate of drug-likeness (QED) is 0.842. The lowest BCUT2D eigenvalue weighted by atomic mass is 10.1. The number of H-pyrrole nitrogens is 1. The fourth-order valence-electron chi connectivity index (χ4n) is 1.71. The number of hydrogen-bond acceptors (Lipinski definition) is 3. The summed E-state index contributed by atoms with van der Waals surface area (Å²) in [6, 6.07) is 8.75. The number of nitrogens with one attached hydrogen (secondary N) is 1. The molecule has 0 aliphatic carbocycles. The second kappa shape index (κ2) is 5.12. The van der Waals surface area contributed by atoms with Crippen LogP contribution in [-0.4, -0.2) is 9.55 Å². The molecule has 5 nitrogen and oxygen atoms in total. The van der Waals surface area contributed by atoms with Gasteiger partial charge in [-0.05, 0) is 24.6 Å². The number of nitrogens with zero attached hydrogens (tertiary/aromatic N) is 2. The average molecular weight is 276 g/mol. The second-order valence-corrected chi connectivity index (χ2v) is 4.45. The zero-order valence-corrected chi connectivity index (χ0v) is 10.9. The van der Waals surface area contributed by atoms with Crippen molar-refractivity contribution in [3.05, 3.63) is 66.9 Å². The fourth-order valence-corrected chi connectivity index (χ4v) is 1.87. The summed E-state index contributed by atoms with van der Waals surface area (Å²) in [5.74, 6) is 0. The minimum absolute atomic E-state index is 0.0528. The molecule has 0 radical (unpaired) electrons. The van der Waals surface area contributed by atoms with Gasteiger partial charge >= 0.3 is 5.69 Å². The molecule has 0 bridgehead atoms. The number of benzene rings is 1. The summed E-state index contributed by atoms with van der Waals surface area (Å²) in [6.07, 6.45) is 0. The summed E-state index contributed by atoms with van der Waals surface area (Å²) in [5.41, 5.74) is 0.470. The van der Waals surface area contributed by atoms with Gasteiger partial charge in [0.15, 0.2) is 0 Å². The van der Waals surface area contributed by atoms with Gasteiger partial charge in [0.1, 0.15) is 5.15 Å². The van der Waals surface area contributed by atoms with Gasteiger partial charge in [0.05, 0.1) is 18.2 Å². The van der Waals surface area contributed by atoms with Crippen LogP contribution in [0.5, 0.6) is 0 Å². The van der Waals surface area contributed by atoms with E-state index in [2.05, 4.69) is 4.98 Å². The third-order valence-corrected chi connectivity index (χ3v) is 3.13. The van der Waals surface area contributed by atoms with E-state index < -0.39 is 11.2 Å². The van der Waals surface area contributed by atoms with E-state index in [-0.39, 0.29) is 17.3 Å². The Morgan fingerprint density at radius 3 is 2.84 bits per heavy atom. The lowest BCUT2D eigenvalue weighted by molar-refractivity contribution is 0.692. The van der Waals surface area contributed by atoms with Crippen molar-refractivity contribution in [3.63, 3.8) is 0 Å². The van der Waals surface area contributed by atoms with Crippen LogP contribution in [0.3, 0.4) is 0 Å². The smallest absolute Gasteiger partial charge is 0.297 e. The first-order valence-corrected chi connectivity index (χ1v) is 5.89. The first-order valence-electron chi connectivity index (χ1n) is 5.51. The molecule has 19 heavy (non-hydrogen) atoms. The van der Waals surface area contributed by atoms with Gasteiger partial charge in [-0.25, -0.2) is 4.79 Å². The summed E-state index contributed by atoms with van der Waals surface area (Å²) in [4.78, 5) is 26.1. The Morgan fingerprint density at radius 1 is 1.42 bits per heavy atom. The van der Waals surface area contributed by atoms with Gasteiger partial charge in [0.25, 0.3) is 5.56 Å². The van der Waals surface area contributed by atoms with Crippen LogP contribution in [0.1, 0.15) is 16.7 Å². The third-order valence-electron chi connectivity index (χ3n) is 2.75. The Balaban J connectivity index is 2.50. The van der Waals surface area contributed by atoms with Crippen LogP contribution in [0.15, 0.2) is 33.9 Å². The van der Waals surface area contributed by atoms with Crippen molar-refractivity contribution in [1.82, 2.24) is 9.55 Å². The predicted octanol–water partition coefficient (Wildman–Crippen LogP) is 1.42. The molecule has 2 aromatic rings.